The van der Waals surface area contributed by atoms with Gasteiger partial charge in [0.2, 0.25) is 5.91 Å². The Bertz CT molecular complexity index is 436. The van der Waals surface area contributed by atoms with Crippen LogP contribution >= 0.6 is 0 Å². The molecule has 0 aliphatic carbocycles. The summed E-state index contributed by atoms with van der Waals surface area (Å²) in [4.78, 5) is 21.6. The molecule has 0 fully saturated rings. The van der Waals surface area contributed by atoms with E-state index in [1.54, 1.807) is 19.1 Å². The van der Waals surface area contributed by atoms with E-state index in [0.29, 0.717) is 0 Å². The van der Waals surface area contributed by atoms with Crippen LogP contribution in [0.1, 0.15) is 6.92 Å². The van der Waals surface area contributed by atoms with E-state index in [4.69, 9.17) is 5.11 Å². The summed E-state index contributed by atoms with van der Waals surface area (Å²) in [6, 6.07) is 5.74. The molecule has 0 aromatic heterocycles. The molecule has 98 valence electrons. The molecule has 1 unspecified atom stereocenters. The molecule has 1 amide bonds. The van der Waals surface area contributed by atoms with Crippen molar-refractivity contribution >= 4 is 17.3 Å². The van der Waals surface area contributed by atoms with Gasteiger partial charge in [0.1, 0.15) is 5.69 Å². The normalized spacial score (nSPS) is 11.7. The highest BCUT2D eigenvalue weighted by Crippen LogP contribution is 2.22. The van der Waals surface area contributed by atoms with Crippen LogP contribution in [-0.4, -0.2) is 35.1 Å². The van der Waals surface area contributed by atoms with Gasteiger partial charge in [0.15, 0.2) is 0 Å². The number of para-hydroxylation sites is 2. The minimum Gasteiger partial charge on any atom is -0.394 e. The fourth-order valence-corrected chi connectivity index (χ4v) is 1.33. The number of aliphatic hydroxyl groups excluding tert-OH is 1. The van der Waals surface area contributed by atoms with E-state index in [2.05, 4.69) is 10.6 Å². The third-order valence-electron chi connectivity index (χ3n) is 2.22. The summed E-state index contributed by atoms with van der Waals surface area (Å²) in [5.41, 5.74) is 0.204. The molecule has 7 heteroatoms. The molecule has 1 rings (SSSR count). The lowest BCUT2D eigenvalue weighted by atomic mass is 10.2. The molecule has 0 saturated carbocycles. The van der Waals surface area contributed by atoms with Crippen LogP contribution in [0.4, 0.5) is 11.4 Å². The van der Waals surface area contributed by atoms with Crippen LogP contribution < -0.4 is 10.6 Å². The Morgan fingerprint density at radius 3 is 2.78 bits per heavy atom. The molecule has 0 aliphatic heterocycles. The lowest BCUT2D eigenvalue weighted by Crippen LogP contribution is -2.38. The molecule has 0 spiro atoms. The zero-order valence-electron chi connectivity index (χ0n) is 9.92. The van der Waals surface area contributed by atoms with E-state index in [9.17, 15) is 14.9 Å². The van der Waals surface area contributed by atoms with E-state index in [-0.39, 0.29) is 36.5 Å². The lowest BCUT2D eigenvalue weighted by molar-refractivity contribution is -0.383. The van der Waals surface area contributed by atoms with Crippen LogP contribution in [0.5, 0.6) is 0 Å². The number of anilines is 1. The summed E-state index contributed by atoms with van der Waals surface area (Å²) < 4.78 is 0. The van der Waals surface area contributed by atoms with Gasteiger partial charge in [0.05, 0.1) is 18.1 Å². The van der Waals surface area contributed by atoms with Gasteiger partial charge < -0.3 is 15.7 Å². The van der Waals surface area contributed by atoms with Gasteiger partial charge in [-0.05, 0) is 13.0 Å². The number of carbonyl (C=O) groups excluding carboxylic acids is 1. The quantitative estimate of drug-likeness (QED) is 0.506. The van der Waals surface area contributed by atoms with Crippen molar-refractivity contribution in [2.24, 2.45) is 0 Å². The highest BCUT2D eigenvalue weighted by molar-refractivity contribution is 5.81. The van der Waals surface area contributed by atoms with Gasteiger partial charge in [-0.15, -0.1) is 0 Å². The maximum atomic E-state index is 11.4. The number of amides is 1. The van der Waals surface area contributed by atoms with Crippen LogP contribution in [-0.2, 0) is 4.79 Å². The number of hydrogen-bond acceptors (Lipinski definition) is 5. The summed E-state index contributed by atoms with van der Waals surface area (Å²) >= 11 is 0. The summed E-state index contributed by atoms with van der Waals surface area (Å²) in [6.07, 6.45) is 0. The van der Waals surface area contributed by atoms with Gasteiger partial charge in [-0.3, -0.25) is 14.9 Å². The minimum atomic E-state index is -0.517. The zero-order valence-corrected chi connectivity index (χ0v) is 9.92. The Morgan fingerprint density at radius 1 is 1.50 bits per heavy atom. The molecule has 3 N–H and O–H groups in total. The maximum Gasteiger partial charge on any atom is 0.292 e. The van der Waals surface area contributed by atoms with Crippen LogP contribution in [0.3, 0.4) is 0 Å². The second-order valence-electron chi connectivity index (χ2n) is 3.78. The number of hydrogen-bond donors (Lipinski definition) is 3. The number of nitrogens with one attached hydrogen (secondary N) is 2. The molecule has 0 heterocycles. The van der Waals surface area contributed by atoms with Crippen molar-refractivity contribution in [1.82, 2.24) is 5.32 Å². The minimum absolute atomic E-state index is 0.0829. The molecule has 1 aromatic carbocycles. The van der Waals surface area contributed by atoms with Crippen molar-refractivity contribution < 1.29 is 14.8 Å². The summed E-state index contributed by atoms with van der Waals surface area (Å²) in [7, 11) is 0. The Kier molecular flexibility index (Phi) is 5.06. The maximum absolute atomic E-state index is 11.4. The Hall–Kier alpha value is -2.15. The highest BCUT2D eigenvalue weighted by atomic mass is 16.6. The molecule has 18 heavy (non-hydrogen) atoms. The van der Waals surface area contributed by atoms with Crippen molar-refractivity contribution in [1.29, 1.82) is 0 Å². The standard InChI is InChI=1S/C11H15N3O4/c1-8(7-15)13-11(16)6-12-9-4-2-3-5-10(9)14(17)18/h2-5,8,12,15H,6-7H2,1H3,(H,13,16). The number of rotatable bonds is 6. The van der Waals surface area contributed by atoms with Crippen LogP contribution in [0.15, 0.2) is 24.3 Å². The Balaban J connectivity index is 2.58. The zero-order chi connectivity index (χ0) is 13.5. The number of nitro groups is 1. The molecule has 0 bridgehead atoms. The molecule has 0 saturated heterocycles. The van der Waals surface area contributed by atoms with Crippen LogP contribution in [0.2, 0.25) is 0 Å². The average Bonchev–Trinajstić information content (AvgIpc) is 2.36. The second-order valence-corrected chi connectivity index (χ2v) is 3.78. The predicted octanol–water partition coefficient (Wildman–Crippen LogP) is 0.504. The van der Waals surface area contributed by atoms with E-state index in [1.165, 1.54) is 12.1 Å². The van der Waals surface area contributed by atoms with Gasteiger partial charge in [0.25, 0.3) is 5.69 Å². The second kappa shape index (κ2) is 6.55. The molecule has 1 atom stereocenters. The fraction of sp³-hybridized carbons (Fsp3) is 0.364. The smallest absolute Gasteiger partial charge is 0.292 e. The van der Waals surface area contributed by atoms with E-state index < -0.39 is 4.92 Å². The average molecular weight is 253 g/mol. The first kappa shape index (κ1) is 13.9. The molecular weight excluding hydrogens is 238 g/mol. The van der Waals surface area contributed by atoms with Gasteiger partial charge in [-0.1, -0.05) is 12.1 Å². The summed E-state index contributed by atoms with van der Waals surface area (Å²) in [6.45, 7) is 1.41. The summed E-state index contributed by atoms with van der Waals surface area (Å²) in [5.74, 6) is -0.338. The first-order valence-electron chi connectivity index (χ1n) is 5.42. The van der Waals surface area contributed by atoms with Gasteiger partial charge in [-0.25, -0.2) is 0 Å². The first-order chi connectivity index (χ1) is 8.54. The molecule has 1 aromatic rings. The molecule has 0 aliphatic rings. The van der Waals surface area contributed by atoms with Crippen molar-refractivity contribution in [3.05, 3.63) is 34.4 Å². The number of carbonyl (C=O) groups is 1. The van der Waals surface area contributed by atoms with E-state index in [1.807, 2.05) is 0 Å². The largest absolute Gasteiger partial charge is 0.394 e. The lowest BCUT2D eigenvalue weighted by Gasteiger charge is -2.11. The number of nitro benzene ring substituents is 1. The Morgan fingerprint density at radius 2 is 2.17 bits per heavy atom. The van der Waals surface area contributed by atoms with Gasteiger partial charge in [0, 0.05) is 12.1 Å². The molecule has 0 radical (unpaired) electrons. The summed E-state index contributed by atoms with van der Waals surface area (Å²) in [5, 5.41) is 24.7. The highest BCUT2D eigenvalue weighted by Gasteiger charge is 2.13. The van der Waals surface area contributed by atoms with Crippen LogP contribution in [0.25, 0.3) is 0 Å². The topological polar surface area (TPSA) is 104 Å². The van der Waals surface area contributed by atoms with Gasteiger partial charge >= 0.3 is 0 Å². The van der Waals surface area contributed by atoms with Gasteiger partial charge in [-0.2, -0.15) is 0 Å². The first-order valence-corrected chi connectivity index (χ1v) is 5.42. The number of aliphatic hydroxyl groups is 1. The fourth-order valence-electron chi connectivity index (χ4n) is 1.33. The Labute approximate surface area is 104 Å². The van der Waals surface area contributed by atoms with Crippen molar-refractivity contribution in [3.8, 4) is 0 Å². The van der Waals surface area contributed by atoms with Crippen molar-refractivity contribution in [2.75, 3.05) is 18.5 Å². The SMILES string of the molecule is CC(CO)NC(=O)CNc1ccccc1[N+](=O)[O-]. The number of benzene rings is 1. The van der Waals surface area contributed by atoms with E-state index in [0.717, 1.165) is 0 Å². The molecule has 7 nitrogen and oxygen atoms in total. The monoisotopic (exact) mass is 253 g/mol. The van der Waals surface area contributed by atoms with E-state index >= 15 is 0 Å². The third-order valence-corrected chi connectivity index (χ3v) is 2.22. The predicted molar refractivity (Wildman–Crippen MR) is 66.3 cm³/mol. The van der Waals surface area contributed by atoms with Crippen molar-refractivity contribution in [2.45, 2.75) is 13.0 Å². The molecular formula is C11H15N3O4. The number of nitrogens with zero attached hydrogens (tertiary/aromatic N) is 1. The van der Waals surface area contributed by atoms with Crippen molar-refractivity contribution in [3.63, 3.8) is 0 Å². The van der Waals surface area contributed by atoms with Crippen LogP contribution in [0, 0.1) is 10.1 Å². The third kappa shape index (κ3) is 4.02.